The summed E-state index contributed by atoms with van der Waals surface area (Å²) in [6, 6.07) is 12.9. The van der Waals surface area contributed by atoms with Gasteiger partial charge in [0.1, 0.15) is 17.1 Å². The molecule has 0 bridgehead atoms. The third kappa shape index (κ3) is 4.03. The number of hydrogen-bond acceptors (Lipinski definition) is 4. The van der Waals surface area contributed by atoms with Crippen LogP contribution in [-0.2, 0) is 22.4 Å². The number of rotatable bonds is 6. The van der Waals surface area contributed by atoms with E-state index < -0.39 is 0 Å². The molecule has 0 spiro atoms. The van der Waals surface area contributed by atoms with Crippen LogP contribution in [0.4, 0.5) is 11.4 Å². The number of carbonyl (C=O) groups excluding carboxylic acids is 2. The summed E-state index contributed by atoms with van der Waals surface area (Å²) < 4.78 is 11.7. The average molecular weight is 404 g/mol. The number of anilines is 2. The van der Waals surface area contributed by atoms with E-state index in [1.165, 1.54) is 18.4 Å². The van der Waals surface area contributed by atoms with Gasteiger partial charge in [-0.05, 0) is 68.5 Å². The van der Waals surface area contributed by atoms with Crippen LogP contribution >= 0.6 is 0 Å². The van der Waals surface area contributed by atoms with Gasteiger partial charge < -0.3 is 19.8 Å². The van der Waals surface area contributed by atoms with Crippen molar-refractivity contribution in [3.63, 3.8) is 0 Å². The Hall–Kier alpha value is -3.28. The highest BCUT2D eigenvalue weighted by Gasteiger charge is 2.29. The molecule has 0 aliphatic heterocycles. The van der Waals surface area contributed by atoms with Crippen molar-refractivity contribution in [2.24, 2.45) is 5.92 Å². The average Bonchev–Trinajstić information content (AvgIpc) is 3.54. The van der Waals surface area contributed by atoms with Crippen molar-refractivity contribution in [3.05, 3.63) is 53.8 Å². The van der Waals surface area contributed by atoms with Gasteiger partial charge in [-0.15, -0.1) is 0 Å². The highest BCUT2D eigenvalue weighted by molar-refractivity contribution is 5.96. The topological polar surface area (TPSA) is 80.6 Å². The van der Waals surface area contributed by atoms with Crippen LogP contribution in [-0.4, -0.2) is 18.4 Å². The van der Waals surface area contributed by atoms with Crippen LogP contribution in [0.3, 0.4) is 0 Å². The van der Waals surface area contributed by atoms with Crippen molar-refractivity contribution in [1.29, 1.82) is 0 Å². The zero-order valence-electron chi connectivity index (χ0n) is 16.7. The fourth-order valence-electron chi connectivity index (χ4n) is 3.94. The number of hydrogen-bond donors (Lipinski definition) is 2. The maximum Gasteiger partial charge on any atom is 0.262 e. The SMILES string of the molecule is O=C(COc1ccc2oc3c(c2c1)CCCC3)Nc1cccc(NC(=O)C2CC2)c1. The van der Waals surface area contributed by atoms with Crippen LogP contribution in [0.15, 0.2) is 46.9 Å². The van der Waals surface area contributed by atoms with Gasteiger partial charge in [-0.1, -0.05) is 6.07 Å². The second-order valence-corrected chi connectivity index (χ2v) is 8.05. The molecule has 0 radical (unpaired) electrons. The summed E-state index contributed by atoms with van der Waals surface area (Å²) in [6.45, 7) is -0.0930. The number of ether oxygens (including phenoxy) is 1. The minimum absolute atomic E-state index is 0.0404. The Kier molecular flexibility index (Phi) is 4.91. The molecule has 2 aliphatic carbocycles. The molecule has 2 aromatic carbocycles. The van der Waals surface area contributed by atoms with E-state index in [-0.39, 0.29) is 24.3 Å². The van der Waals surface area contributed by atoms with Crippen molar-refractivity contribution in [1.82, 2.24) is 0 Å². The quantitative estimate of drug-likeness (QED) is 0.625. The molecule has 0 atom stereocenters. The van der Waals surface area contributed by atoms with E-state index in [0.717, 1.165) is 42.4 Å². The fourth-order valence-corrected chi connectivity index (χ4v) is 3.94. The molecule has 0 unspecified atom stereocenters. The van der Waals surface area contributed by atoms with Crippen molar-refractivity contribution in [2.75, 3.05) is 17.2 Å². The van der Waals surface area contributed by atoms with Crippen molar-refractivity contribution < 1.29 is 18.7 Å². The third-order valence-electron chi connectivity index (χ3n) is 5.66. The zero-order chi connectivity index (χ0) is 20.5. The van der Waals surface area contributed by atoms with Gasteiger partial charge in [-0.3, -0.25) is 9.59 Å². The third-order valence-corrected chi connectivity index (χ3v) is 5.66. The van der Waals surface area contributed by atoms with Gasteiger partial charge in [0.15, 0.2) is 6.61 Å². The summed E-state index contributed by atoms with van der Waals surface area (Å²) >= 11 is 0. The van der Waals surface area contributed by atoms with E-state index in [9.17, 15) is 9.59 Å². The van der Waals surface area contributed by atoms with Gasteiger partial charge in [0, 0.05) is 34.7 Å². The number of aryl methyl sites for hydroxylation is 2. The molecule has 3 aromatic rings. The Morgan fingerprint density at radius 1 is 1.00 bits per heavy atom. The molecule has 154 valence electrons. The summed E-state index contributed by atoms with van der Waals surface area (Å²) in [5.41, 5.74) is 3.46. The molecule has 1 heterocycles. The van der Waals surface area contributed by atoms with Crippen molar-refractivity contribution >= 4 is 34.2 Å². The molecule has 5 rings (SSSR count). The van der Waals surface area contributed by atoms with Crippen molar-refractivity contribution in [3.8, 4) is 5.75 Å². The lowest BCUT2D eigenvalue weighted by atomic mass is 9.96. The Balaban J connectivity index is 1.20. The van der Waals surface area contributed by atoms with Crippen LogP contribution in [0.5, 0.6) is 5.75 Å². The summed E-state index contributed by atoms with van der Waals surface area (Å²) in [5.74, 6) is 1.65. The van der Waals surface area contributed by atoms with E-state index in [2.05, 4.69) is 10.6 Å². The van der Waals surface area contributed by atoms with Crippen LogP contribution in [0, 0.1) is 5.92 Å². The lowest BCUT2D eigenvalue weighted by Crippen LogP contribution is -2.20. The van der Waals surface area contributed by atoms with Crippen LogP contribution in [0.1, 0.15) is 37.0 Å². The molecule has 1 saturated carbocycles. The first-order chi connectivity index (χ1) is 14.7. The fraction of sp³-hybridized carbons (Fsp3) is 0.333. The summed E-state index contributed by atoms with van der Waals surface area (Å²) in [5, 5.41) is 6.79. The molecule has 6 heteroatoms. The van der Waals surface area contributed by atoms with Gasteiger partial charge in [0.25, 0.3) is 5.91 Å². The van der Waals surface area contributed by atoms with Crippen LogP contribution < -0.4 is 15.4 Å². The van der Waals surface area contributed by atoms with E-state index in [4.69, 9.17) is 9.15 Å². The number of furan rings is 1. The summed E-state index contributed by atoms with van der Waals surface area (Å²) in [6.07, 6.45) is 6.26. The number of nitrogens with one attached hydrogen (secondary N) is 2. The minimum Gasteiger partial charge on any atom is -0.484 e. The highest BCUT2D eigenvalue weighted by Crippen LogP contribution is 2.34. The minimum atomic E-state index is -0.255. The molecular weight excluding hydrogens is 380 g/mol. The lowest BCUT2D eigenvalue weighted by molar-refractivity contribution is -0.118. The zero-order valence-corrected chi connectivity index (χ0v) is 16.7. The maximum atomic E-state index is 12.3. The van der Waals surface area contributed by atoms with E-state index in [1.54, 1.807) is 18.2 Å². The summed E-state index contributed by atoms with van der Waals surface area (Å²) in [7, 11) is 0. The number of carbonyl (C=O) groups is 2. The predicted molar refractivity (Wildman–Crippen MR) is 115 cm³/mol. The van der Waals surface area contributed by atoms with Gasteiger partial charge in [0.2, 0.25) is 5.91 Å². The molecule has 6 nitrogen and oxygen atoms in total. The molecule has 1 aromatic heterocycles. The first-order valence-corrected chi connectivity index (χ1v) is 10.5. The number of amides is 2. The second kappa shape index (κ2) is 7.86. The Bertz CT molecular complexity index is 1110. The van der Waals surface area contributed by atoms with Gasteiger partial charge in [-0.2, -0.15) is 0 Å². The molecular formula is C24H24N2O4. The molecule has 2 N–H and O–H groups in total. The van der Waals surface area contributed by atoms with Gasteiger partial charge in [-0.25, -0.2) is 0 Å². The first-order valence-electron chi connectivity index (χ1n) is 10.5. The molecule has 2 amide bonds. The Morgan fingerprint density at radius 2 is 1.80 bits per heavy atom. The van der Waals surface area contributed by atoms with E-state index in [1.807, 2.05) is 24.3 Å². The molecule has 1 fully saturated rings. The Morgan fingerprint density at radius 3 is 2.63 bits per heavy atom. The monoisotopic (exact) mass is 404 g/mol. The number of fused-ring (bicyclic) bond motifs is 3. The summed E-state index contributed by atoms with van der Waals surface area (Å²) in [4.78, 5) is 24.2. The largest absolute Gasteiger partial charge is 0.484 e. The molecule has 0 saturated heterocycles. The maximum absolute atomic E-state index is 12.3. The van der Waals surface area contributed by atoms with E-state index >= 15 is 0 Å². The highest BCUT2D eigenvalue weighted by atomic mass is 16.5. The van der Waals surface area contributed by atoms with Crippen LogP contribution in [0.25, 0.3) is 11.0 Å². The smallest absolute Gasteiger partial charge is 0.262 e. The van der Waals surface area contributed by atoms with Gasteiger partial charge in [0.05, 0.1) is 0 Å². The van der Waals surface area contributed by atoms with E-state index in [0.29, 0.717) is 17.1 Å². The van der Waals surface area contributed by atoms with Gasteiger partial charge >= 0.3 is 0 Å². The van der Waals surface area contributed by atoms with Crippen LogP contribution in [0.2, 0.25) is 0 Å². The first kappa shape index (κ1) is 18.7. The lowest BCUT2D eigenvalue weighted by Gasteiger charge is -2.10. The molecule has 30 heavy (non-hydrogen) atoms. The second-order valence-electron chi connectivity index (χ2n) is 8.05. The van der Waals surface area contributed by atoms with Crippen molar-refractivity contribution in [2.45, 2.75) is 38.5 Å². The predicted octanol–water partition coefficient (Wildman–Crippen LogP) is 4.68. The normalized spacial score (nSPS) is 15.5. The standard InChI is InChI=1S/C24H24N2O4/c27-23(25-16-4-3-5-17(12-16)26-24(28)15-8-9-15)14-29-18-10-11-22-20(13-18)19-6-1-2-7-21(19)30-22/h3-5,10-13,15H,1-2,6-9,14H2,(H,25,27)(H,26,28). The Labute approximate surface area is 174 Å². The number of benzene rings is 2. The molecule has 2 aliphatic rings.